The molecule has 0 fully saturated rings. The third-order valence-electron chi connectivity index (χ3n) is 4.20. The first-order valence-corrected chi connectivity index (χ1v) is 10.4. The fourth-order valence-electron chi connectivity index (χ4n) is 3.25. The van der Waals surface area contributed by atoms with Gasteiger partial charge in [-0.05, 0) is 23.8 Å². The van der Waals surface area contributed by atoms with Crippen LogP contribution in [0.3, 0.4) is 0 Å². The average Bonchev–Trinajstić information content (AvgIpc) is 2.92. The monoisotopic (exact) mass is 466 g/mol. The molecule has 0 aliphatic heterocycles. The molecule has 0 aromatic heterocycles. The van der Waals surface area contributed by atoms with Gasteiger partial charge in [0.1, 0.15) is 23.4 Å². The highest BCUT2D eigenvalue weighted by atomic mass is 79.9. The number of esters is 1. The number of carbonyl (C=O) groups excluding carboxylic acids is 1. The summed E-state index contributed by atoms with van der Waals surface area (Å²) in [5.41, 5.74) is 1.81. The van der Waals surface area contributed by atoms with Gasteiger partial charge in [0.15, 0.2) is 0 Å². The number of benzene rings is 2. The molecule has 0 saturated heterocycles. The maximum Gasteiger partial charge on any atom is 0.303 e. The van der Waals surface area contributed by atoms with Gasteiger partial charge in [0, 0.05) is 41.1 Å². The molecular weight excluding hydrogens is 453 g/mol. The Balaban J connectivity index is 2.08. The molecule has 1 aliphatic carbocycles. The second kappa shape index (κ2) is 8.39. The van der Waals surface area contributed by atoms with Crippen molar-refractivity contribution < 1.29 is 27.4 Å². The van der Waals surface area contributed by atoms with Crippen LogP contribution in [0.25, 0.3) is 0 Å². The molecule has 3 rings (SSSR count). The van der Waals surface area contributed by atoms with Crippen LogP contribution in [0, 0.1) is 17.1 Å². The molecule has 9 heteroatoms. The fourth-order valence-corrected chi connectivity index (χ4v) is 4.57. The number of hydrogen-bond donors (Lipinski definition) is 0. The van der Waals surface area contributed by atoms with Gasteiger partial charge >= 0.3 is 5.97 Å². The van der Waals surface area contributed by atoms with Crippen LogP contribution in [-0.2, 0) is 26.4 Å². The number of nitriles is 1. The van der Waals surface area contributed by atoms with Crippen molar-refractivity contribution in [2.45, 2.75) is 30.0 Å². The Bertz CT molecular complexity index is 1010. The van der Waals surface area contributed by atoms with Gasteiger partial charge in [0.05, 0.1) is 11.6 Å². The van der Waals surface area contributed by atoms with Gasteiger partial charge in [-0.15, -0.1) is 0 Å². The Morgan fingerprint density at radius 2 is 2.14 bits per heavy atom. The summed E-state index contributed by atoms with van der Waals surface area (Å²) in [6.45, 7) is 1.28. The molecule has 0 amide bonds. The topological polar surface area (TPSA) is 99.5 Å². The molecule has 0 saturated carbocycles. The maximum absolute atomic E-state index is 13.7. The summed E-state index contributed by atoms with van der Waals surface area (Å²) in [6, 6.07) is 8.66. The van der Waals surface area contributed by atoms with E-state index in [-0.39, 0.29) is 21.9 Å². The smallest absolute Gasteiger partial charge is 0.303 e. The molecule has 146 valence electrons. The predicted octanol–water partition coefficient (Wildman–Crippen LogP) is 4.31. The number of hydrogen-bond acceptors (Lipinski definition) is 6. The molecule has 1 aliphatic rings. The lowest BCUT2D eigenvalue weighted by atomic mass is 10.0. The molecule has 28 heavy (non-hydrogen) atoms. The van der Waals surface area contributed by atoms with E-state index in [1.807, 2.05) is 6.07 Å². The summed E-state index contributed by atoms with van der Waals surface area (Å²) in [5.74, 6) is -0.839. The van der Waals surface area contributed by atoms with Crippen molar-refractivity contribution in [3.63, 3.8) is 0 Å². The van der Waals surface area contributed by atoms with Crippen molar-refractivity contribution in [3.05, 3.63) is 58.4 Å². The second-order valence-electron chi connectivity index (χ2n) is 6.19. The summed E-state index contributed by atoms with van der Waals surface area (Å²) >= 11 is 1.19. The number of fused-ring (bicyclic) bond motifs is 1. The number of carbonyl (C=O) groups is 1. The third-order valence-corrected chi connectivity index (χ3v) is 5.58. The van der Waals surface area contributed by atoms with Crippen molar-refractivity contribution in [1.82, 2.24) is 0 Å². The number of nitrogens with zero attached hydrogens (tertiary/aromatic N) is 1. The molecule has 6 nitrogen and oxygen atoms in total. The van der Waals surface area contributed by atoms with Crippen LogP contribution in [0.5, 0.6) is 11.5 Å². The van der Waals surface area contributed by atoms with Gasteiger partial charge < -0.3 is 14.0 Å². The zero-order chi connectivity index (χ0) is 20.4. The quantitative estimate of drug-likeness (QED) is 0.369. The largest absolute Gasteiger partial charge is 0.772 e. The molecule has 0 bridgehead atoms. The lowest BCUT2D eigenvalue weighted by molar-refractivity contribution is -0.146. The van der Waals surface area contributed by atoms with E-state index in [0.717, 1.165) is 12.1 Å². The first-order valence-electron chi connectivity index (χ1n) is 8.20. The molecule has 1 unspecified atom stereocenters. The third kappa shape index (κ3) is 4.41. The van der Waals surface area contributed by atoms with Gasteiger partial charge in [-0.25, -0.2) is 4.39 Å². The van der Waals surface area contributed by atoms with E-state index in [9.17, 15) is 17.9 Å². The van der Waals surface area contributed by atoms with E-state index in [1.54, 1.807) is 12.1 Å². The Morgan fingerprint density at radius 3 is 2.79 bits per heavy atom. The van der Waals surface area contributed by atoms with Gasteiger partial charge in [-0.1, -0.05) is 33.1 Å². The molecule has 2 aromatic rings. The van der Waals surface area contributed by atoms with Crippen molar-refractivity contribution in [2.75, 3.05) is 0 Å². The minimum atomic E-state index is -2.33. The Hall–Kier alpha value is -2.28. The number of ether oxygens (including phenoxy) is 2. The number of halogens is 2. The summed E-state index contributed by atoms with van der Waals surface area (Å²) in [5, 5.41) is 9.00. The van der Waals surface area contributed by atoms with Crippen LogP contribution in [0.15, 0.2) is 30.3 Å². The molecular formula is C19H14BrFNO5S-. The highest BCUT2D eigenvalue weighted by Crippen LogP contribution is 2.52. The Labute approximate surface area is 171 Å². The van der Waals surface area contributed by atoms with E-state index in [4.69, 9.17) is 14.7 Å². The van der Waals surface area contributed by atoms with Crippen molar-refractivity contribution >= 4 is 33.0 Å². The van der Waals surface area contributed by atoms with Crippen molar-refractivity contribution in [1.29, 1.82) is 5.26 Å². The van der Waals surface area contributed by atoms with Crippen LogP contribution in [0.1, 0.15) is 46.5 Å². The van der Waals surface area contributed by atoms with Crippen LogP contribution < -0.4 is 4.74 Å². The molecule has 2 aromatic carbocycles. The van der Waals surface area contributed by atoms with E-state index in [1.165, 1.54) is 13.0 Å². The highest BCUT2D eigenvalue weighted by molar-refractivity contribution is 9.09. The summed E-state index contributed by atoms with van der Waals surface area (Å²) in [7, 11) is 0. The van der Waals surface area contributed by atoms with E-state index >= 15 is 0 Å². The minimum Gasteiger partial charge on any atom is -0.772 e. The van der Waals surface area contributed by atoms with E-state index in [2.05, 4.69) is 15.9 Å². The van der Waals surface area contributed by atoms with Crippen LogP contribution in [0.2, 0.25) is 0 Å². The Morgan fingerprint density at radius 1 is 1.39 bits per heavy atom. The Kier molecular flexibility index (Phi) is 6.13. The molecule has 0 heterocycles. The number of rotatable bonds is 5. The van der Waals surface area contributed by atoms with E-state index < -0.39 is 29.0 Å². The molecule has 0 radical (unpaired) electrons. The lowest BCUT2D eigenvalue weighted by Gasteiger charge is -2.19. The zero-order valence-electron chi connectivity index (χ0n) is 14.6. The predicted molar refractivity (Wildman–Crippen MR) is 101 cm³/mol. The summed E-state index contributed by atoms with van der Waals surface area (Å²) < 4.78 is 47.4. The van der Waals surface area contributed by atoms with Gasteiger partial charge in [-0.2, -0.15) is 5.26 Å². The average molecular weight is 467 g/mol. The van der Waals surface area contributed by atoms with Crippen LogP contribution in [0.4, 0.5) is 4.39 Å². The minimum absolute atomic E-state index is 0.109. The first kappa shape index (κ1) is 20.5. The highest BCUT2D eigenvalue weighted by Gasteiger charge is 2.36. The molecule has 0 spiro atoms. The van der Waals surface area contributed by atoms with Crippen molar-refractivity contribution in [2.24, 2.45) is 0 Å². The number of alkyl halides is 1. The standard InChI is InChI=1S/C19H15BrFNO5S/c1-10(23)26-17-7-15(20)19-16(3-2-12(18(17)19)9-28(24)25)27-14-5-11(8-22)4-13(21)6-14/h2-6,15,17H,7,9H2,1H3,(H,24,25)/p-1/t15-,17-/m1/s1. The van der Waals surface area contributed by atoms with Crippen molar-refractivity contribution in [3.8, 4) is 17.6 Å². The summed E-state index contributed by atoms with van der Waals surface area (Å²) in [6.07, 6.45) is -0.221. The first-order chi connectivity index (χ1) is 13.3. The van der Waals surface area contributed by atoms with Gasteiger partial charge in [-0.3, -0.25) is 9.00 Å². The zero-order valence-corrected chi connectivity index (χ0v) is 17.0. The fraction of sp³-hybridized carbons (Fsp3) is 0.263. The molecule has 3 atom stereocenters. The van der Waals surface area contributed by atoms with Gasteiger partial charge in [0.25, 0.3) is 0 Å². The SMILES string of the molecule is CC(=O)O[C@@H]1C[C@@H](Br)c2c(Oc3cc(F)cc(C#N)c3)ccc(CS(=O)[O-])c21. The second-order valence-corrected chi connectivity index (χ2v) is 8.19. The normalized spacial score (nSPS) is 18.8. The lowest BCUT2D eigenvalue weighted by Crippen LogP contribution is -2.09. The molecule has 0 N–H and O–H groups in total. The van der Waals surface area contributed by atoms with E-state index in [0.29, 0.717) is 28.9 Å². The summed E-state index contributed by atoms with van der Waals surface area (Å²) in [4.78, 5) is 11.2. The maximum atomic E-state index is 13.7. The van der Waals surface area contributed by atoms with Crippen LogP contribution >= 0.6 is 15.9 Å². The van der Waals surface area contributed by atoms with Crippen LogP contribution in [-0.4, -0.2) is 14.7 Å². The van der Waals surface area contributed by atoms with Gasteiger partial charge in [0.2, 0.25) is 0 Å².